The predicted molar refractivity (Wildman–Crippen MR) is 91.0 cm³/mol. The molecule has 0 bridgehead atoms. The van der Waals surface area contributed by atoms with Gasteiger partial charge in [-0.15, -0.1) is 0 Å². The number of carbonyl (C=O) groups excluding carboxylic acids is 2. The Hall–Kier alpha value is -3.25. The van der Waals surface area contributed by atoms with Crippen LogP contribution in [0, 0.1) is 0 Å². The summed E-state index contributed by atoms with van der Waals surface area (Å²) in [5.41, 5.74) is 4.27. The van der Waals surface area contributed by atoms with Gasteiger partial charge in [0.15, 0.2) is 0 Å². The molecule has 2 heterocycles. The lowest BCUT2D eigenvalue weighted by atomic mass is 10.1. The van der Waals surface area contributed by atoms with Crippen LogP contribution >= 0.6 is 0 Å². The Balaban J connectivity index is 1.59. The maximum absolute atomic E-state index is 12.8. The van der Waals surface area contributed by atoms with E-state index in [-0.39, 0.29) is 5.91 Å². The average molecular weight is 333 g/mol. The van der Waals surface area contributed by atoms with Crippen LogP contribution in [0.15, 0.2) is 54.7 Å². The van der Waals surface area contributed by atoms with Gasteiger partial charge in [0.1, 0.15) is 5.69 Å². The quantitative estimate of drug-likeness (QED) is 0.558. The second-order valence-corrected chi connectivity index (χ2v) is 6.00. The molecule has 0 aliphatic carbocycles. The number of carbonyl (C=O) groups is 2. The molecular weight excluding hydrogens is 318 g/mol. The lowest BCUT2D eigenvalue weighted by molar-refractivity contribution is 0.0706. The van der Waals surface area contributed by atoms with Crippen molar-refractivity contribution in [3.63, 3.8) is 0 Å². The van der Waals surface area contributed by atoms with E-state index in [2.05, 4.69) is 4.98 Å². The van der Waals surface area contributed by atoms with Crippen molar-refractivity contribution in [1.29, 1.82) is 0 Å². The third-order valence-electron chi connectivity index (χ3n) is 4.43. The van der Waals surface area contributed by atoms with Crippen LogP contribution in [0.3, 0.4) is 0 Å². The smallest absolute Gasteiger partial charge is 0.274 e. The van der Waals surface area contributed by atoms with Crippen molar-refractivity contribution in [3.8, 4) is 0 Å². The zero-order valence-corrected chi connectivity index (χ0v) is 13.3. The number of amides is 2. The van der Waals surface area contributed by atoms with Crippen LogP contribution in [-0.4, -0.2) is 26.9 Å². The molecule has 1 aromatic heterocycles. The summed E-state index contributed by atoms with van der Waals surface area (Å²) in [5.74, 6) is -0.709. The standard InChI is InChI=1S/C19H15N3O3/c23-18(21-25)13-5-6-15-10-22(11-16(15)7-13)19(24)17-8-12-3-1-2-4-14(12)9-20-17/h1-9,25H,10-11H2,(H,21,23). The molecule has 0 fully saturated rings. The third kappa shape index (κ3) is 2.72. The van der Waals surface area contributed by atoms with Gasteiger partial charge in [-0.3, -0.25) is 19.8 Å². The third-order valence-corrected chi connectivity index (χ3v) is 4.43. The van der Waals surface area contributed by atoms with E-state index in [4.69, 9.17) is 5.21 Å². The maximum Gasteiger partial charge on any atom is 0.274 e. The first-order valence-electron chi connectivity index (χ1n) is 7.86. The van der Waals surface area contributed by atoms with Crippen molar-refractivity contribution >= 4 is 22.6 Å². The molecule has 0 saturated carbocycles. The molecule has 25 heavy (non-hydrogen) atoms. The van der Waals surface area contributed by atoms with Gasteiger partial charge < -0.3 is 4.90 Å². The highest BCUT2D eigenvalue weighted by Crippen LogP contribution is 2.25. The minimum atomic E-state index is -0.566. The largest absolute Gasteiger partial charge is 0.329 e. The molecule has 3 aromatic rings. The summed E-state index contributed by atoms with van der Waals surface area (Å²) >= 11 is 0. The van der Waals surface area contributed by atoms with Gasteiger partial charge in [-0.1, -0.05) is 30.3 Å². The van der Waals surface area contributed by atoms with Crippen molar-refractivity contribution < 1.29 is 14.8 Å². The van der Waals surface area contributed by atoms with E-state index in [1.807, 2.05) is 24.3 Å². The number of hydrogen-bond acceptors (Lipinski definition) is 4. The molecule has 0 unspecified atom stereocenters. The number of aromatic nitrogens is 1. The molecule has 1 aliphatic rings. The van der Waals surface area contributed by atoms with Gasteiger partial charge in [0.05, 0.1) is 0 Å². The highest BCUT2D eigenvalue weighted by Gasteiger charge is 2.26. The molecule has 1 aliphatic heterocycles. The summed E-state index contributed by atoms with van der Waals surface area (Å²) in [4.78, 5) is 30.3. The molecule has 0 atom stereocenters. The van der Waals surface area contributed by atoms with Gasteiger partial charge in [-0.05, 0) is 34.7 Å². The number of hydroxylamine groups is 1. The van der Waals surface area contributed by atoms with E-state index in [1.54, 1.807) is 40.8 Å². The normalized spacial score (nSPS) is 12.9. The highest BCUT2D eigenvalue weighted by atomic mass is 16.5. The number of benzene rings is 2. The Morgan fingerprint density at radius 2 is 1.76 bits per heavy atom. The van der Waals surface area contributed by atoms with E-state index in [1.165, 1.54) is 0 Å². The number of nitrogens with zero attached hydrogens (tertiary/aromatic N) is 2. The highest BCUT2D eigenvalue weighted by molar-refractivity contribution is 5.97. The number of rotatable bonds is 2. The van der Waals surface area contributed by atoms with Crippen molar-refractivity contribution in [3.05, 3.63) is 77.1 Å². The monoisotopic (exact) mass is 333 g/mol. The number of fused-ring (bicyclic) bond motifs is 2. The molecule has 2 aromatic carbocycles. The fourth-order valence-corrected chi connectivity index (χ4v) is 3.11. The lowest BCUT2D eigenvalue weighted by Gasteiger charge is -2.15. The topological polar surface area (TPSA) is 82.5 Å². The van der Waals surface area contributed by atoms with E-state index in [0.717, 1.165) is 21.9 Å². The number of hydrogen-bond donors (Lipinski definition) is 2. The molecule has 2 amide bonds. The van der Waals surface area contributed by atoms with E-state index < -0.39 is 5.91 Å². The Morgan fingerprint density at radius 3 is 2.56 bits per heavy atom. The van der Waals surface area contributed by atoms with E-state index in [9.17, 15) is 9.59 Å². The minimum absolute atomic E-state index is 0.143. The minimum Gasteiger partial charge on any atom is -0.329 e. The summed E-state index contributed by atoms with van der Waals surface area (Å²) < 4.78 is 0. The summed E-state index contributed by atoms with van der Waals surface area (Å²) in [7, 11) is 0. The second kappa shape index (κ2) is 5.99. The first kappa shape index (κ1) is 15.3. The molecule has 6 nitrogen and oxygen atoms in total. The van der Waals surface area contributed by atoms with Crippen LogP contribution in [0.1, 0.15) is 32.0 Å². The molecule has 0 saturated heterocycles. The first-order chi connectivity index (χ1) is 12.2. The van der Waals surface area contributed by atoms with Crippen molar-refractivity contribution in [2.24, 2.45) is 0 Å². The van der Waals surface area contributed by atoms with Gasteiger partial charge in [0, 0.05) is 30.2 Å². The lowest BCUT2D eigenvalue weighted by Crippen LogP contribution is -2.26. The summed E-state index contributed by atoms with van der Waals surface area (Å²) in [6.45, 7) is 0.888. The molecule has 0 spiro atoms. The zero-order valence-electron chi connectivity index (χ0n) is 13.3. The SMILES string of the molecule is O=C(NO)c1ccc2c(c1)CN(C(=O)c1cc3ccccc3cn1)C2. The van der Waals surface area contributed by atoms with Crippen LogP contribution in [0.5, 0.6) is 0 Å². The van der Waals surface area contributed by atoms with Crippen LogP contribution in [0.2, 0.25) is 0 Å². The Morgan fingerprint density at radius 1 is 1.00 bits per heavy atom. The Labute approximate surface area is 143 Å². The van der Waals surface area contributed by atoms with Gasteiger partial charge in [-0.2, -0.15) is 0 Å². The predicted octanol–water partition coefficient (Wildman–Crippen LogP) is 2.51. The second-order valence-electron chi connectivity index (χ2n) is 6.00. The zero-order chi connectivity index (χ0) is 17.4. The van der Waals surface area contributed by atoms with E-state index >= 15 is 0 Å². The van der Waals surface area contributed by atoms with Gasteiger partial charge in [0.2, 0.25) is 0 Å². The maximum atomic E-state index is 12.8. The molecular formula is C19H15N3O3. The Kier molecular flexibility index (Phi) is 3.66. The number of pyridine rings is 1. The average Bonchev–Trinajstić information content (AvgIpc) is 3.09. The molecule has 6 heteroatoms. The molecule has 124 valence electrons. The van der Waals surface area contributed by atoms with Gasteiger partial charge >= 0.3 is 0 Å². The van der Waals surface area contributed by atoms with Gasteiger partial charge in [-0.25, -0.2) is 5.48 Å². The molecule has 4 rings (SSSR count). The van der Waals surface area contributed by atoms with Crippen molar-refractivity contribution in [2.45, 2.75) is 13.1 Å². The van der Waals surface area contributed by atoms with Crippen LogP contribution in [0.25, 0.3) is 10.8 Å². The summed E-state index contributed by atoms with van der Waals surface area (Å²) in [6, 6.07) is 14.7. The van der Waals surface area contributed by atoms with Crippen molar-refractivity contribution in [1.82, 2.24) is 15.4 Å². The first-order valence-corrected chi connectivity index (χ1v) is 7.86. The summed E-state index contributed by atoms with van der Waals surface area (Å²) in [6.07, 6.45) is 1.70. The van der Waals surface area contributed by atoms with Crippen LogP contribution < -0.4 is 5.48 Å². The number of nitrogens with one attached hydrogen (secondary N) is 1. The fourth-order valence-electron chi connectivity index (χ4n) is 3.11. The Bertz CT molecular complexity index is 1000. The van der Waals surface area contributed by atoms with Crippen LogP contribution in [0.4, 0.5) is 0 Å². The fraction of sp³-hybridized carbons (Fsp3) is 0.105. The summed E-state index contributed by atoms with van der Waals surface area (Å²) in [5, 5.41) is 10.7. The van der Waals surface area contributed by atoms with Crippen molar-refractivity contribution in [2.75, 3.05) is 0 Å². The van der Waals surface area contributed by atoms with Crippen LogP contribution in [-0.2, 0) is 13.1 Å². The molecule has 0 radical (unpaired) electrons. The van der Waals surface area contributed by atoms with E-state index in [0.29, 0.717) is 24.3 Å². The van der Waals surface area contributed by atoms with Gasteiger partial charge in [0.25, 0.3) is 11.8 Å². The molecule has 2 N–H and O–H groups in total.